The van der Waals surface area contributed by atoms with E-state index in [2.05, 4.69) is 5.32 Å². The van der Waals surface area contributed by atoms with Crippen LogP contribution < -0.4 is 5.32 Å². The molecule has 1 aromatic rings. The average molecular weight is 303 g/mol. The zero-order chi connectivity index (χ0) is 16.1. The number of nitrogens with one attached hydrogen (secondary N) is 1. The molecule has 1 saturated carbocycles. The summed E-state index contributed by atoms with van der Waals surface area (Å²) >= 11 is 0. The average Bonchev–Trinajstić information content (AvgIpc) is 3.22. The Hall–Kier alpha value is -2.17. The van der Waals surface area contributed by atoms with Gasteiger partial charge in [-0.1, -0.05) is 13.8 Å². The van der Waals surface area contributed by atoms with Crippen molar-refractivity contribution in [3.63, 3.8) is 0 Å². The number of esters is 1. The van der Waals surface area contributed by atoms with E-state index in [4.69, 9.17) is 4.74 Å². The van der Waals surface area contributed by atoms with Gasteiger partial charge in [-0.2, -0.15) is 0 Å². The summed E-state index contributed by atoms with van der Waals surface area (Å²) < 4.78 is 5.02. The second-order valence-electron chi connectivity index (χ2n) is 5.73. The van der Waals surface area contributed by atoms with Crippen LogP contribution in [0.15, 0.2) is 24.3 Å². The zero-order valence-corrected chi connectivity index (χ0v) is 12.9. The smallest absolute Gasteiger partial charge is 0.309 e. The number of anilines is 1. The topological polar surface area (TPSA) is 72.5 Å². The van der Waals surface area contributed by atoms with Crippen molar-refractivity contribution in [3.8, 4) is 0 Å². The minimum atomic E-state index is -0.288. The van der Waals surface area contributed by atoms with Gasteiger partial charge in [0.2, 0.25) is 5.91 Å². The maximum absolute atomic E-state index is 11.9. The van der Waals surface area contributed by atoms with Crippen LogP contribution >= 0.6 is 0 Å². The quantitative estimate of drug-likeness (QED) is 0.621. The van der Waals surface area contributed by atoms with Crippen LogP contribution in [0.1, 0.15) is 43.5 Å². The minimum absolute atomic E-state index is 0.0380. The lowest BCUT2D eigenvalue weighted by Crippen LogP contribution is -2.16. The van der Waals surface area contributed by atoms with Gasteiger partial charge in [-0.3, -0.25) is 14.4 Å². The van der Waals surface area contributed by atoms with Crippen LogP contribution in [0.3, 0.4) is 0 Å². The summed E-state index contributed by atoms with van der Waals surface area (Å²) in [5.41, 5.74) is 1.11. The van der Waals surface area contributed by atoms with Crippen LogP contribution in [0.4, 0.5) is 5.69 Å². The van der Waals surface area contributed by atoms with Gasteiger partial charge in [-0.05, 0) is 43.0 Å². The van der Waals surface area contributed by atoms with Crippen molar-refractivity contribution in [2.75, 3.05) is 11.9 Å². The number of hydrogen-bond donors (Lipinski definition) is 1. The number of carbonyl (C=O) groups is 3. The Bertz CT molecular complexity index is 565. The summed E-state index contributed by atoms with van der Waals surface area (Å²) in [7, 11) is 0. The Morgan fingerprint density at radius 2 is 1.86 bits per heavy atom. The molecule has 1 aromatic carbocycles. The molecule has 0 saturated heterocycles. The summed E-state index contributed by atoms with van der Waals surface area (Å²) in [5.74, 6) is -0.246. The highest BCUT2D eigenvalue weighted by molar-refractivity contribution is 5.99. The largest absolute Gasteiger partial charge is 0.457 e. The van der Waals surface area contributed by atoms with Gasteiger partial charge in [-0.15, -0.1) is 0 Å². The fourth-order valence-electron chi connectivity index (χ4n) is 2.17. The summed E-state index contributed by atoms with van der Waals surface area (Å²) in [6, 6.07) is 6.59. The SMILES string of the molecule is CCCC(=O)Nc1ccc(C(=O)COC(=O)[C@H]2C[C@@H]2C)cc1. The normalized spacial score (nSPS) is 19.4. The van der Waals surface area contributed by atoms with Crippen molar-refractivity contribution in [2.24, 2.45) is 11.8 Å². The third-order valence-electron chi connectivity index (χ3n) is 3.73. The Kier molecular flexibility index (Phi) is 5.31. The van der Waals surface area contributed by atoms with Gasteiger partial charge in [0.25, 0.3) is 0 Å². The molecule has 1 N–H and O–H groups in total. The molecule has 2 rings (SSSR count). The van der Waals surface area contributed by atoms with Gasteiger partial charge in [0, 0.05) is 17.7 Å². The molecule has 22 heavy (non-hydrogen) atoms. The summed E-state index contributed by atoms with van der Waals surface area (Å²) in [4.78, 5) is 35.0. The first-order valence-corrected chi connectivity index (χ1v) is 7.61. The Balaban J connectivity index is 1.82. The van der Waals surface area contributed by atoms with Crippen molar-refractivity contribution in [3.05, 3.63) is 29.8 Å². The third kappa shape index (κ3) is 4.41. The number of benzene rings is 1. The number of hydrogen-bond acceptors (Lipinski definition) is 4. The molecule has 1 amide bonds. The standard InChI is InChI=1S/C17H21NO4/c1-3-4-16(20)18-13-7-5-12(6-8-13)15(19)10-22-17(21)14-9-11(14)2/h5-8,11,14H,3-4,9-10H2,1-2H3,(H,18,20)/t11-,14-/m0/s1. The van der Waals surface area contributed by atoms with Crippen LogP contribution in [0.25, 0.3) is 0 Å². The van der Waals surface area contributed by atoms with Crippen molar-refractivity contribution < 1.29 is 19.1 Å². The van der Waals surface area contributed by atoms with Crippen LogP contribution in [-0.4, -0.2) is 24.3 Å². The van der Waals surface area contributed by atoms with Crippen molar-refractivity contribution in [1.82, 2.24) is 0 Å². The second kappa shape index (κ2) is 7.20. The fourth-order valence-corrected chi connectivity index (χ4v) is 2.17. The van der Waals surface area contributed by atoms with Crippen molar-refractivity contribution in [1.29, 1.82) is 0 Å². The van der Waals surface area contributed by atoms with E-state index in [0.717, 1.165) is 12.8 Å². The van der Waals surface area contributed by atoms with Crippen LogP contribution in [0, 0.1) is 11.8 Å². The first kappa shape index (κ1) is 16.2. The van der Waals surface area contributed by atoms with Crippen molar-refractivity contribution in [2.45, 2.75) is 33.1 Å². The molecule has 1 fully saturated rings. The molecule has 0 aliphatic heterocycles. The minimum Gasteiger partial charge on any atom is -0.457 e. The molecule has 0 heterocycles. The van der Waals surface area contributed by atoms with Gasteiger partial charge >= 0.3 is 5.97 Å². The van der Waals surface area contributed by atoms with E-state index in [0.29, 0.717) is 23.6 Å². The predicted octanol–water partition coefficient (Wildman–Crippen LogP) is 2.81. The molecule has 0 spiro atoms. The van der Waals surface area contributed by atoms with Gasteiger partial charge in [0.15, 0.2) is 12.4 Å². The van der Waals surface area contributed by atoms with Crippen LogP contribution in [-0.2, 0) is 14.3 Å². The highest BCUT2D eigenvalue weighted by Crippen LogP contribution is 2.38. The maximum atomic E-state index is 11.9. The van der Waals surface area contributed by atoms with E-state index >= 15 is 0 Å². The highest BCUT2D eigenvalue weighted by atomic mass is 16.5. The summed E-state index contributed by atoms with van der Waals surface area (Å²) in [6.07, 6.45) is 2.10. The fraction of sp³-hybridized carbons (Fsp3) is 0.471. The first-order chi connectivity index (χ1) is 10.5. The Labute approximate surface area is 130 Å². The molecular formula is C17H21NO4. The number of ketones is 1. The molecule has 2 atom stereocenters. The highest BCUT2D eigenvalue weighted by Gasteiger charge is 2.40. The predicted molar refractivity (Wildman–Crippen MR) is 82.5 cm³/mol. The molecule has 1 aliphatic carbocycles. The molecule has 0 radical (unpaired) electrons. The number of Topliss-reactive ketones (excluding diaryl/α,β-unsaturated/α-hetero) is 1. The van der Waals surface area contributed by atoms with Crippen LogP contribution in [0.5, 0.6) is 0 Å². The molecule has 0 unspecified atom stereocenters. The van der Waals surface area contributed by atoms with E-state index in [1.165, 1.54) is 0 Å². The van der Waals surface area contributed by atoms with Gasteiger partial charge in [0.05, 0.1) is 5.92 Å². The summed E-state index contributed by atoms with van der Waals surface area (Å²) in [6.45, 7) is 3.69. The number of carbonyl (C=O) groups excluding carboxylic acids is 3. The maximum Gasteiger partial charge on any atom is 0.309 e. The second-order valence-corrected chi connectivity index (χ2v) is 5.73. The van der Waals surface area contributed by atoms with Gasteiger partial charge in [0.1, 0.15) is 0 Å². The Morgan fingerprint density at radius 1 is 1.23 bits per heavy atom. The third-order valence-corrected chi connectivity index (χ3v) is 3.73. The van der Waals surface area contributed by atoms with Gasteiger partial charge in [-0.25, -0.2) is 0 Å². The zero-order valence-electron chi connectivity index (χ0n) is 12.9. The number of rotatable bonds is 7. The molecular weight excluding hydrogens is 282 g/mol. The van der Waals surface area contributed by atoms with E-state index in [-0.39, 0.29) is 30.2 Å². The molecule has 118 valence electrons. The van der Waals surface area contributed by atoms with E-state index < -0.39 is 0 Å². The van der Waals surface area contributed by atoms with Gasteiger partial charge < -0.3 is 10.1 Å². The van der Waals surface area contributed by atoms with Crippen LogP contribution in [0.2, 0.25) is 0 Å². The molecule has 5 heteroatoms. The van der Waals surface area contributed by atoms with Crippen molar-refractivity contribution >= 4 is 23.3 Å². The van der Waals surface area contributed by atoms with E-state index in [9.17, 15) is 14.4 Å². The lowest BCUT2D eigenvalue weighted by Gasteiger charge is -2.06. The molecule has 0 aromatic heterocycles. The monoisotopic (exact) mass is 303 g/mol. The number of amides is 1. The first-order valence-electron chi connectivity index (χ1n) is 7.61. The van der Waals surface area contributed by atoms with E-state index in [1.807, 2.05) is 13.8 Å². The lowest BCUT2D eigenvalue weighted by atomic mass is 10.1. The van der Waals surface area contributed by atoms with E-state index in [1.54, 1.807) is 24.3 Å². The Morgan fingerprint density at radius 3 is 2.41 bits per heavy atom. The molecule has 1 aliphatic rings. The molecule has 5 nitrogen and oxygen atoms in total. The molecule has 0 bridgehead atoms. The lowest BCUT2D eigenvalue weighted by molar-refractivity contribution is -0.144. The summed E-state index contributed by atoms with van der Waals surface area (Å²) in [5, 5.41) is 2.75. The number of ether oxygens (including phenoxy) is 1.